The summed E-state index contributed by atoms with van der Waals surface area (Å²) in [5, 5.41) is 1.20. The number of nitrogens with zero attached hydrogens (tertiary/aromatic N) is 2. The lowest BCUT2D eigenvalue weighted by atomic mass is 10.1. The Morgan fingerprint density at radius 2 is 2.00 bits per heavy atom. The second-order valence-corrected chi connectivity index (χ2v) is 7.40. The molecule has 0 saturated carbocycles. The minimum absolute atomic E-state index is 0.000122. The van der Waals surface area contributed by atoms with Crippen LogP contribution in [0, 0.1) is 0 Å². The Labute approximate surface area is 173 Å². The molecule has 0 fully saturated rings. The third-order valence-electron chi connectivity index (χ3n) is 4.47. The number of para-hydroxylation sites is 1. The van der Waals surface area contributed by atoms with Gasteiger partial charge in [0.2, 0.25) is 0 Å². The number of carbonyl (C=O) groups excluding carboxylic acids is 1. The van der Waals surface area contributed by atoms with Gasteiger partial charge in [-0.15, -0.1) is 0 Å². The second-order valence-electron chi connectivity index (χ2n) is 6.46. The number of carbonyl (C=O) groups is 1. The smallest absolute Gasteiger partial charge is 0.262 e. The number of thioether (sulfide) groups is 1. The van der Waals surface area contributed by atoms with Crippen LogP contribution in [0.5, 0.6) is 5.75 Å². The summed E-state index contributed by atoms with van der Waals surface area (Å²) in [4.78, 5) is 29.4. The van der Waals surface area contributed by atoms with Crippen LogP contribution in [0.15, 0.2) is 52.4 Å². The minimum Gasteiger partial charge on any atom is -0.494 e. The predicted octanol–water partition coefficient (Wildman–Crippen LogP) is 3.94. The summed E-state index contributed by atoms with van der Waals surface area (Å²) in [6, 6.07) is 12.8. The number of fused-ring (bicyclic) bond motifs is 1. The van der Waals surface area contributed by atoms with E-state index < -0.39 is 0 Å². The first-order valence-corrected chi connectivity index (χ1v) is 10.4. The molecule has 0 N–H and O–H groups in total. The molecule has 0 aliphatic heterocycles. The summed E-state index contributed by atoms with van der Waals surface area (Å²) in [7, 11) is 1.61. The molecule has 1 aromatic heterocycles. The first kappa shape index (κ1) is 21.1. The van der Waals surface area contributed by atoms with E-state index in [4.69, 9.17) is 14.5 Å². The molecule has 0 aliphatic rings. The van der Waals surface area contributed by atoms with E-state index in [1.807, 2.05) is 37.3 Å². The quantitative estimate of drug-likeness (QED) is 0.301. The highest BCUT2D eigenvalue weighted by Crippen LogP contribution is 2.29. The average Bonchev–Trinajstić information content (AvgIpc) is 2.72. The molecule has 6 nitrogen and oxygen atoms in total. The third-order valence-corrected chi connectivity index (χ3v) is 5.49. The van der Waals surface area contributed by atoms with Crippen LogP contribution in [-0.4, -0.2) is 35.7 Å². The fourth-order valence-electron chi connectivity index (χ4n) is 2.99. The molecular formula is C22H24N2O4S. The number of ether oxygens (including phenoxy) is 2. The van der Waals surface area contributed by atoms with Gasteiger partial charge in [-0.1, -0.05) is 23.9 Å². The molecule has 3 rings (SSSR count). The van der Waals surface area contributed by atoms with E-state index in [-0.39, 0.29) is 11.3 Å². The predicted molar refractivity (Wildman–Crippen MR) is 115 cm³/mol. The van der Waals surface area contributed by atoms with Crippen LogP contribution in [0.3, 0.4) is 0 Å². The van der Waals surface area contributed by atoms with Gasteiger partial charge in [0.15, 0.2) is 10.9 Å². The van der Waals surface area contributed by atoms with E-state index in [0.717, 1.165) is 11.3 Å². The van der Waals surface area contributed by atoms with E-state index in [9.17, 15) is 9.59 Å². The van der Waals surface area contributed by atoms with Crippen molar-refractivity contribution in [1.82, 2.24) is 9.55 Å². The number of aromatic nitrogens is 2. The molecular weight excluding hydrogens is 388 g/mol. The average molecular weight is 413 g/mol. The molecule has 3 aromatic rings. The number of hydrogen-bond acceptors (Lipinski definition) is 6. The van der Waals surface area contributed by atoms with Crippen molar-refractivity contribution in [2.24, 2.45) is 0 Å². The Bertz CT molecular complexity index is 1080. The van der Waals surface area contributed by atoms with Crippen molar-refractivity contribution in [3.05, 3.63) is 63.9 Å². The molecule has 29 heavy (non-hydrogen) atoms. The van der Waals surface area contributed by atoms with Crippen molar-refractivity contribution in [3.63, 3.8) is 0 Å². The van der Waals surface area contributed by atoms with E-state index in [2.05, 4.69) is 0 Å². The molecule has 0 atom stereocenters. The Balaban J connectivity index is 1.98. The highest BCUT2D eigenvalue weighted by Gasteiger charge is 2.14. The van der Waals surface area contributed by atoms with Crippen molar-refractivity contribution in [2.45, 2.75) is 31.3 Å². The van der Waals surface area contributed by atoms with E-state index in [1.54, 1.807) is 30.7 Å². The van der Waals surface area contributed by atoms with Gasteiger partial charge in [0, 0.05) is 24.0 Å². The van der Waals surface area contributed by atoms with Crippen LogP contribution in [0.4, 0.5) is 0 Å². The van der Waals surface area contributed by atoms with Gasteiger partial charge < -0.3 is 9.47 Å². The zero-order valence-electron chi connectivity index (χ0n) is 16.8. The van der Waals surface area contributed by atoms with Crippen molar-refractivity contribution < 1.29 is 14.3 Å². The van der Waals surface area contributed by atoms with E-state index in [0.29, 0.717) is 47.1 Å². The molecule has 1 heterocycles. The summed E-state index contributed by atoms with van der Waals surface area (Å²) >= 11 is 1.45. The van der Waals surface area contributed by atoms with Crippen molar-refractivity contribution >= 4 is 28.4 Å². The zero-order chi connectivity index (χ0) is 20.8. The fourth-order valence-corrected chi connectivity index (χ4v) is 3.99. The number of methoxy groups -OCH3 is 1. The lowest BCUT2D eigenvalue weighted by molar-refractivity contribution is 0.101. The molecule has 2 aromatic carbocycles. The first-order chi connectivity index (χ1) is 14.0. The lowest BCUT2D eigenvalue weighted by Gasteiger charge is -2.14. The largest absolute Gasteiger partial charge is 0.494 e. The molecule has 0 amide bonds. The van der Waals surface area contributed by atoms with Crippen LogP contribution in [0.1, 0.15) is 29.8 Å². The van der Waals surface area contributed by atoms with Crippen molar-refractivity contribution in [3.8, 4) is 5.75 Å². The van der Waals surface area contributed by atoms with E-state index in [1.165, 1.54) is 11.8 Å². The van der Waals surface area contributed by atoms with Gasteiger partial charge in [-0.2, -0.15) is 0 Å². The van der Waals surface area contributed by atoms with Crippen LogP contribution in [-0.2, 0) is 17.0 Å². The number of rotatable bonds is 9. The van der Waals surface area contributed by atoms with Crippen LogP contribution in [0.25, 0.3) is 10.9 Å². The highest BCUT2D eigenvalue weighted by atomic mass is 32.2. The minimum atomic E-state index is -0.0855. The van der Waals surface area contributed by atoms with Gasteiger partial charge in [0.25, 0.3) is 5.56 Å². The first-order valence-electron chi connectivity index (χ1n) is 9.43. The molecule has 0 aliphatic carbocycles. The molecule has 0 unspecified atom stereocenters. The second kappa shape index (κ2) is 9.71. The summed E-state index contributed by atoms with van der Waals surface area (Å²) in [6.07, 6.45) is 0. The van der Waals surface area contributed by atoms with Gasteiger partial charge in [-0.25, -0.2) is 4.98 Å². The summed E-state index contributed by atoms with van der Waals surface area (Å²) in [6.45, 7) is 4.83. The maximum absolute atomic E-state index is 13.0. The van der Waals surface area contributed by atoms with E-state index >= 15 is 0 Å². The van der Waals surface area contributed by atoms with Gasteiger partial charge in [-0.3, -0.25) is 14.2 Å². The van der Waals surface area contributed by atoms with Gasteiger partial charge in [0.1, 0.15) is 5.75 Å². The maximum Gasteiger partial charge on any atom is 0.262 e. The fraction of sp³-hybridized carbons (Fsp3) is 0.318. The normalized spacial score (nSPS) is 11.0. The van der Waals surface area contributed by atoms with Crippen LogP contribution >= 0.6 is 11.8 Å². The summed E-state index contributed by atoms with van der Waals surface area (Å²) in [5.74, 6) is 1.26. The Kier molecular flexibility index (Phi) is 7.06. The zero-order valence-corrected chi connectivity index (χ0v) is 17.6. The van der Waals surface area contributed by atoms with Crippen LogP contribution < -0.4 is 10.3 Å². The van der Waals surface area contributed by atoms with Crippen LogP contribution in [0.2, 0.25) is 0 Å². The monoisotopic (exact) mass is 412 g/mol. The SMILES string of the molecule is CCOc1ccc(C(C)=O)cc1CSc1nc2ccccc2c(=O)n1CCOC. The number of ketones is 1. The number of hydrogen-bond donors (Lipinski definition) is 0. The summed E-state index contributed by atoms with van der Waals surface area (Å²) < 4.78 is 12.5. The lowest BCUT2D eigenvalue weighted by Crippen LogP contribution is -2.25. The molecule has 0 radical (unpaired) electrons. The molecule has 0 saturated heterocycles. The van der Waals surface area contributed by atoms with Gasteiger partial charge >= 0.3 is 0 Å². The Morgan fingerprint density at radius 1 is 1.21 bits per heavy atom. The molecule has 7 heteroatoms. The summed E-state index contributed by atoms with van der Waals surface area (Å²) in [5.41, 5.74) is 2.10. The topological polar surface area (TPSA) is 70.4 Å². The molecule has 0 spiro atoms. The number of benzene rings is 2. The third kappa shape index (κ3) is 4.86. The van der Waals surface area contributed by atoms with Gasteiger partial charge in [0.05, 0.1) is 30.7 Å². The van der Waals surface area contributed by atoms with Crippen molar-refractivity contribution in [2.75, 3.05) is 20.3 Å². The Morgan fingerprint density at radius 3 is 2.72 bits per heavy atom. The number of Topliss-reactive ketones (excluding diaryl/α,β-unsaturated/α-hetero) is 1. The Hall–Kier alpha value is -2.64. The standard InChI is InChI=1S/C22H24N2O4S/c1-4-28-20-10-9-16(15(2)25)13-17(20)14-29-22-23-19-8-6-5-7-18(19)21(26)24(22)11-12-27-3/h5-10,13H,4,11-12,14H2,1-3H3. The molecule has 0 bridgehead atoms. The van der Waals surface area contributed by atoms with Crippen molar-refractivity contribution in [1.29, 1.82) is 0 Å². The highest BCUT2D eigenvalue weighted by molar-refractivity contribution is 7.98. The molecule has 152 valence electrons. The maximum atomic E-state index is 13.0. The van der Waals surface area contributed by atoms with Gasteiger partial charge in [-0.05, 0) is 44.2 Å².